The summed E-state index contributed by atoms with van der Waals surface area (Å²) in [5, 5.41) is 6.77. The summed E-state index contributed by atoms with van der Waals surface area (Å²) < 4.78 is 0. The number of hydrogen-bond acceptors (Lipinski definition) is 3. The van der Waals surface area contributed by atoms with Crippen molar-refractivity contribution in [2.75, 3.05) is 11.9 Å². The van der Waals surface area contributed by atoms with Crippen LogP contribution in [0.2, 0.25) is 5.02 Å². The third-order valence-corrected chi connectivity index (χ3v) is 4.60. The van der Waals surface area contributed by atoms with E-state index in [9.17, 15) is 4.79 Å². The Labute approximate surface area is 153 Å². The van der Waals surface area contributed by atoms with Crippen molar-refractivity contribution in [3.8, 4) is 0 Å². The molecule has 0 atom stereocenters. The molecule has 130 valence electrons. The van der Waals surface area contributed by atoms with Crippen LogP contribution in [-0.2, 0) is 0 Å². The van der Waals surface area contributed by atoms with Crippen LogP contribution in [0.4, 0.5) is 11.4 Å². The van der Waals surface area contributed by atoms with Crippen molar-refractivity contribution in [1.82, 2.24) is 10.3 Å². The number of nitrogens with one attached hydrogen (secondary N) is 2. The molecular weight excluding hydrogens is 334 g/mol. The lowest BCUT2D eigenvalue weighted by Crippen LogP contribution is -2.25. The zero-order valence-corrected chi connectivity index (χ0v) is 14.9. The molecule has 1 aliphatic rings. The lowest BCUT2D eigenvalue weighted by Gasteiger charge is -2.13. The summed E-state index contributed by atoms with van der Waals surface area (Å²) >= 11 is 6.13. The molecule has 3 rings (SSSR count). The number of halogens is 1. The molecule has 0 saturated carbocycles. The summed E-state index contributed by atoms with van der Waals surface area (Å²) in [6, 6.07) is 11.0. The molecule has 2 aromatic rings. The molecule has 0 saturated heterocycles. The molecule has 5 heteroatoms. The first-order chi connectivity index (χ1) is 12.2. The fourth-order valence-electron chi connectivity index (χ4n) is 2.88. The maximum absolute atomic E-state index is 12.2. The maximum Gasteiger partial charge on any atom is 0.269 e. The van der Waals surface area contributed by atoms with Gasteiger partial charge in [0.2, 0.25) is 0 Å². The SMILES string of the molecule is O=C(NCCC1=CCCCC1)c1ccc(Nc2ccccc2Cl)cn1. The van der Waals surface area contributed by atoms with Gasteiger partial charge in [-0.1, -0.05) is 35.4 Å². The third kappa shape index (κ3) is 5.07. The summed E-state index contributed by atoms with van der Waals surface area (Å²) in [4.78, 5) is 16.4. The second kappa shape index (κ2) is 8.67. The molecule has 1 aromatic carbocycles. The summed E-state index contributed by atoms with van der Waals surface area (Å²) in [5.74, 6) is -0.138. The summed E-state index contributed by atoms with van der Waals surface area (Å²) in [6.07, 6.45) is 9.76. The number of nitrogens with zero attached hydrogens (tertiary/aromatic N) is 1. The van der Waals surface area contributed by atoms with E-state index in [1.807, 2.05) is 30.3 Å². The van der Waals surface area contributed by atoms with Crippen molar-refractivity contribution in [3.05, 3.63) is 65.0 Å². The molecule has 1 aliphatic carbocycles. The van der Waals surface area contributed by atoms with Gasteiger partial charge in [-0.15, -0.1) is 0 Å². The van der Waals surface area contributed by atoms with Crippen molar-refractivity contribution in [3.63, 3.8) is 0 Å². The number of carbonyl (C=O) groups excluding carboxylic acids is 1. The predicted molar refractivity (Wildman–Crippen MR) is 102 cm³/mol. The van der Waals surface area contributed by atoms with Crippen LogP contribution in [0, 0.1) is 0 Å². The average Bonchev–Trinajstić information content (AvgIpc) is 2.65. The van der Waals surface area contributed by atoms with Crippen LogP contribution >= 0.6 is 11.6 Å². The Kier molecular flexibility index (Phi) is 6.07. The fourth-order valence-corrected chi connectivity index (χ4v) is 3.06. The first-order valence-electron chi connectivity index (χ1n) is 8.66. The first kappa shape index (κ1) is 17.5. The van der Waals surface area contributed by atoms with Gasteiger partial charge in [0.05, 0.1) is 22.6 Å². The molecule has 1 amide bonds. The van der Waals surface area contributed by atoms with Gasteiger partial charge in [0.15, 0.2) is 0 Å². The summed E-state index contributed by atoms with van der Waals surface area (Å²) in [6.45, 7) is 0.659. The van der Waals surface area contributed by atoms with Gasteiger partial charge < -0.3 is 10.6 Å². The Morgan fingerprint density at radius 1 is 1.16 bits per heavy atom. The van der Waals surface area contributed by atoms with Crippen molar-refractivity contribution >= 4 is 28.9 Å². The van der Waals surface area contributed by atoms with E-state index in [4.69, 9.17) is 11.6 Å². The van der Waals surface area contributed by atoms with Gasteiger partial charge >= 0.3 is 0 Å². The highest BCUT2D eigenvalue weighted by Gasteiger charge is 2.09. The Bertz CT molecular complexity index is 756. The van der Waals surface area contributed by atoms with Crippen LogP contribution < -0.4 is 10.6 Å². The number of benzene rings is 1. The van der Waals surface area contributed by atoms with Crippen LogP contribution in [0.5, 0.6) is 0 Å². The molecule has 0 aliphatic heterocycles. The lowest BCUT2D eigenvalue weighted by molar-refractivity contribution is 0.0949. The van der Waals surface area contributed by atoms with E-state index >= 15 is 0 Å². The van der Waals surface area contributed by atoms with E-state index in [1.165, 1.54) is 24.8 Å². The van der Waals surface area contributed by atoms with E-state index in [0.717, 1.165) is 24.2 Å². The molecule has 4 nitrogen and oxygen atoms in total. The second-order valence-electron chi connectivity index (χ2n) is 6.15. The van der Waals surface area contributed by atoms with Gasteiger partial charge in [0, 0.05) is 6.54 Å². The molecule has 0 fully saturated rings. The number of amides is 1. The van der Waals surface area contributed by atoms with Crippen LogP contribution in [0.1, 0.15) is 42.6 Å². The van der Waals surface area contributed by atoms with Crippen molar-refractivity contribution < 1.29 is 4.79 Å². The van der Waals surface area contributed by atoms with E-state index < -0.39 is 0 Å². The average molecular weight is 356 g/mol. The van der Waals surface area contributed by atoms with E-state index in [1.54, 1.807) is 12.3 Å². The molecule has 25 heavy (non-hydrogen) atoms. The number of pyridine rings is 1. The number of allylic oxidation sites excluding steroid dienone is 1. The summed E-state index contributed by atoms with van der Waals surface area (Å²) in [7, 11) is 0. The van der Waals surface area contributed by atoms with E-state index in [2.05, 4.69) is 21.7 Å². The molecule has 1 aromatic heterocycles. The summed E-state index contributed by atoms with van der Waals surface area (Å²) in [5.41, 5.74) is 3.47. The number of hydrogen-bond donors (Lipinski definition) is 2. The van der Waals surface area contributed by atoms with E-state index in [0.29, 0.717) is 17.3 Å². The quantitative estimate of drug-likeness (QED) is 0.709. The fraction of sp³-hybridized carbons (Fsp3) is 0.300. The molecular formula is C20H22ClN3O. The van der Waals surface area contributed by atoms with Crippen LogP contribution in [0.3, 0.4) is 0 Å². The number of rotatable bonds is 6. The lowest BCUT2D eigenvalue weighted by atomic mass is 9.97. The topological polar surface area (TPSA) is 54.0 Å². The maximum atomic E-state index is 12.2. The predicted octanol–water partition coefficient (Wildman–Crippen LogP) is 5.10. The normalized spacial score (nSPS) is 13.9. The van der Waals surface area contributed by atoms with E-state index in [-0.39, 0.29) is 5.91 Å². The van der Waals surface area contributed by atoms with Gasteiger partial charge in [-0.25, -0.2) is 4.98 Å². The number of carbonyl (C=O) groups is 1. The van der Waals surface area contributed by atoms with Crippen LogP contribution in [-0.4, -0.2) is 17.4 Å². The molecule has 0 spiro atoms. The largest absolute Gasteiger partial charge is 0.353 e. The smallest absolute Gasteiger partial charge is 0.269 e. The minimum absolute atomic E-state index is 0.138. The van der Waals surface area contributed by atoms with Crippen molar-refractivity contribution in [2.45, 2.75) is 32.1 Å². The Hall–Kier alpha value is -2.33. The number of anilines is 2. The Morgan fingerprint density at radius 3 is 2.76 bits per heavy atom. The molecule has 0 unspecified atom stereocenters. The molecule has 0 bridgehead atoms. The number of aromatic nitrogens is 1. The van der Waals surface area contributed by atoms with Crippen LogP contribution in [0.15, 0.2) is 54.2 Å². The zero-order valence-electron chi connectivity index (χ0n) is 14.1. The van der Waals surface area contributed by atoms with Crippen molar-refractivity contribution in [1.29, 1.82) is 0 Å². The standard InChI is InChI=1S/C20H22ClN3O/c21-17-8-4-5-9-18(17)24-16-10-11-19(23-14-16)20(25)22-13-12-15-6-2-1-3-7-15/h4-6,8-11,14,24H,1-3,7,12-13H2,(H,22,25). The van der Waals surface area contributed by atoms with Gasteiger partial charge in [-0.2, -0.15) is 0 Å². The van der Waals surface area contributed by atoms with Gasteiger partial charge in [0.25, 0.3) is 5.91 Å². The van der Waals surface area contributed by atoms with Gasteiger partial charge in [-0.3, -0.25) is 4.79 Å². The van der Waals surface area contributed by atoms with Gasteiger partial charge in [-0.05, 0) is 56.4 Å². The van der Waals surface area contributed by atoms with Gasteiger partial charge in [0.1, 0.15) is 5.69 Å². The highest BCUT2D eigenvalue weighted by Crippen LogP contribution is 2.24. The first-order valence-corrected chi connectivity index (χ1v) is 9.04. The molecule has 0 radical (unpaired) electrons. The monoisotopic (exact) mass is 355 g/mol. The Balaban J connectivity index is 1.52. The number of para-hydroxylation sites is 1. The van der Waals surface area contributed by atoms with Crippen molar-refractivity contribution in [2.24, 2.45) is 0 Å². The highest BCUT2D eigenvalue weighted by molar-refractivity contribution is 6.33. The second-order valence-corrected chi connectivity index (χ2v) is 6.56. The highest BCUT2D eigenvalue weighted by atomic mass is 35.5. The minimum Gasteiger partial charge on any atom is -0.353 e. The minimum atomic E-state index is -0.138. The van der Waals surface area contributed by atoms with Crippen LogP contribution in [0.25, 0.3) is 0 Å². The molecule has 2 N–H and O–H groups in total. The zero-order chi connectivity index (χ0) is 17.5. The Morgan fingerprint density at radius 2 is 2.04 bits per heavy atom. The third-order valence-electron chi connectivity index (χ3n) is 4.27. The molecule has 1 heterocycles.